The number of carbonyl (C=O) groups excluding carboxylic acids is 1. The number of halogens is 7. The first-order chi connectivity index (χ1) is 19.5. The van der Waals surface area contributed by atoms with Gasteiger partial charge in [-0.05, 0) is 67.3 Å². The molecular formula is C30H44F7N3O2. The maximum atomic E-state index is 12.7. The number of rotatable bonds is 4. The van der Waals surface area contributed by atoms with Crippen LogP contribution in [0.3, 0.4) is 0 Å². The molecule has 0 atom stereocenters. The summed E-state index contributed by atoms with van der Waals surface area (Å²) in [6.45, 7) is 8.95. The van der Waals surface area contributed by atoms with Crippen molar-refractivity contribution in [1.82, 2.24) is 10.6 Å². The number of alkyl halides is 6. The summed E-state index contributed by atoms with van der Waals surface area (Å²) < 4.78 is 86.5. The van der Waals surface area contributed by atoms with E-state index in [1.54, 1.807) is 19.2 Å². The van der Waals surface area contributed by atoms with Crippen LogP contribution < -0.4 is 10.6 Å². The molecule has 0 spiro atoms. The van der Waals surface area contributed by atoms with E-state index in [1.165, 1.54) is 44.6 Å². The summed E-state index contributed by atoms with van der Waals surface area (Å²) in [4.78, 5) is 19.6. The van der Waals surface area contributed by atoms with Crippen LogP contribution in [0.1, 0.15) is 94.9 Å². The molecule has 0 aromatic heterocycles. The molecule has 2 N–H and O–H groups in total. The van der Waals surface area contributed by atoms with E-state index >= 15 is 0 Å². The van der Waals surface area contributed by atoms with E-state index in [2.05, 4.69) is 29.7 Å². The molecule has 0 heterocycles. The van der Waals surface area contributed by atoms with Gasteiger partial charge in [0.1, 0.15) is 12.4 Å². The minimum absolute atomic E-state index is 0.00463. The van der Waals surface area contributed by atoms with Crippen LogP contribution in [0.2, 0.25) is 0 Å². The molecule has 2 aromatic carbocycles. The average molecular weight is 612 g/mol. The molecule has 3 rings (SSSR count). The van der Waals surface area contributed by atoms with Crippen LogP contribution in [0.4, 0.5) is 30.7 Å². The average Bonchev–Trinajstić information content (AvgIpc) is 2.95. The lowest BCUT2D eigenvalue weighted by Crippen LogP contribution is -2.15. The molecule has 1 amide bonds. The third kappa shape index (κ3) is 19.2. The van der Waals surface area contributed by atoms with Gasteiger partial charge >= 0.3 is 12.4 Å². The molecule has 1 aliphatic rings. The Bertz CT molecular complexity index is 971. The molecule has 1 aliphatic carbocycles. The van der Waals surface area contributed by atoms with Gasteiger partial charge in [-0.15, -0.1) is 0 Å². The normalized spacial score (nSPS) is 13.0. The Labute approximate surface area is 244 Å². The van der Waals surface area contributed by atoms with Gasteiger partial charge in [0.25, 0.3) is 0 Å². The van der Waals surface area contributed by atoms with Crippen molar-refractivity contribution in [3.63, 3.8) is 0 Å². The zero-order valence-electron chi connectivity index (χ0n) is 25.3. The summed E-state index contributed by atoms with van der Waals surface area (Å²) in [5.74, 6) is 0.568. The number of nitrogens with zero attached hydrogens (tertiary/aromatic N) is 1. The molecule has 240 valence electrons. The van der Waals surface area contributed by atoms with Crippen LogP contribution in [-0.2, 0) is 23.7 Å². The fourth-order valence-corrected chi connectivity index (χ4v) is 3.36. The van der Waals surface area contributed by atoms with E-state index < -0.39 is 35.6 Å². The van der Waals surface area contributed by atoms with Gasteiger partial charge in [0.2, 0.25) is 5.91 Å². The van der Waals surface area contributed by atoms with Crippen LogP contribution in [0.25, 0.3) is 0 Å². The molecule has 5 nitrogen and oxygen atoms in total. The Morgan fingerprint density at radius 2 is 1.29 bits per heavy atom. The molecule has 1 fully saturated rings. The number of hydrogen-bond donors (Lipinski definition) is 2. The van der Waals surface area contributed by atoms with Crippen LogP contribution in [0, 0.1) is 10.7 Å². The first-order valence-corrected chi connectivity index (χ1v) is 13.7. The van der Waals surface area contributed by atoms with E-state index in [0.29, 0.717) is 24.1 Å². The Balaban J connectivity index is 0. The molecule has 0 aliphatic heterocycles. The summed E-state index contributed by atoms with van der Waals surface area (Å²) in [5.41, 5.74) is -2.01. The van der Waals surface area contributed by atoms with Gasteiger partial charge in [0.05, 0.1) is 11.1 Å². The summed E-state index contributed by atoms with van der Waals surface area (Å²) in [6.07, 6.45) is -3.20. The molecule has 0 unspecified atom stereocenters. The lowest BCUT2D eigenvalue weighted by molar-refractivity contribution is -0.143. The second-order valence-corrected chi connectivity index (χ2v) is 9.34. The fraction of sp³-hybridized carbons (Fsp3) is 0.567. The zero-order chi connectivity index (χ0) is 32.9. The van der Waals surface area contributed by atoms with E-state index in [1.807, 2.05) is 33.0 Å². The number of amides is 1. The lowest BCUT2D eigenvalue weighted by Gasteiger charge is -2.21. The van der Waals surface area contributed by atoms with Crippen molar-refractivity contribution in [2.75, 3.05) is 14.1 Å². The Morgan fingerprint density at radius 3 is 1.60 bits per heavy atom. The van der Waals surface area contributed by atoms with Crippen molar-refractivity contribution in [2.45, 2.75) is 97.6 Å². The highest BCUT2D eigenvalue weighted by atomic mass is 19.4. The molecule has 1 saturated carbocycles. The topological polar surface area (TPSA) is 70.6 Å². The predicted molar refractivity (Wildman–Crippen MR) is 153 cm³/mol. The van der Waals surface area contributed by atoms with Crippen LogP contribution in [-0.4, -0.2) is 26.0 Å². The molecule has 0 bridgehead atoms. The van der Waals surface area contributed by atoms with Gasteiger partial charge in [0, 0.05) is 20.0 Å². The maximum Gasteiger partial charge on any atom is 0.416 e. The quantitative estimate of drug-likeness (QED) is 0.267. The van der Waals surface area contributed by atoms with Crippen molar-refractivity contribution in [3.8, 4) is 0 Å². The second kappa shape index (κ2) is 21.6. The molecule has 0 saturated heterocycles. The largest absolute Gasteiger partial charge is 0.416 e. The Hall–Kier alpha value is -3.02. The van der Waals surface area contributed by atoms with Crippen molar-refractivity contribution >= 4 is 5.91 Å². The van der Waals surface area contributed by atoms with Crippen LogP contribution in [0.15, 0.2) is 47.6 Å². The van der Waals surface area contributed by atoms with Crippen LogP contribution in [0.5, 0.6) is 0 Å². The van der Waals surface area contributed by atoms with Gasteiger partial charge in [-0.1, -0.05) is 64.3 Å². The highest BCUT2D eigenvalue weighted by molar-refractivity contribution is 5.72. The number of nitroso groups, excluding NO2 is 1. The van der Waals surface area contributed by atoms with Gasteiger partial charge in [-0.2, -0.15) is 31.2 Å². The Morgan fingerprint density at radius 1 is 0.881 bits per heavy atom. The van der Waals surface area contributed by atoms with E-state index in [0.717, 1.165) is 0 Å². The monoisotopic (exact) mass is 611 g/mol. The Kier molecular flexibility index (Phi) is 21.2. The van der Waals surface area contributed by atoms with Gasteiger partial charge in [-0.3, -0.25) is 4.79 Å². The number of benzene rings is 2. The first kappa shape index (κ1) is 41.1. The summed E-state index contributed by atoms with van der Waals surface area (Å²) in [7, 11) is 3.55. The highest BCUT2D eigenvalue weighted by Gasteiger charge is 2.36. The third-order valence-electron chi connectivity index (χ3n) is 5.77. The van der Waals surface area contributed by atoms with Crippen molar-refractivity contribution in [1.29, 1.82) is 0 Å². The molecule has 0 radical (unpaired) electrons. The minimum Gasteiger partial charge on any atom is -0.359 e. The summed E-state index contributed by atoms with van der Waals surface area (Å²) >= 11 is 0. The van der Waals surface area contributed by atoms with E-state index in [9.17, 15) is 40.4 Å². The van der Waals surface area contributed by atoms with E-state index in [4.69, 9.17) is 0 Å². The fourth-order valence-electron chi connectivity index (χ4n) is 3.36. The minimum atomic E-state index is -4.90. The van der Waals surface area contributed by atoms with Crippen LogP contribution >= 0.6 is 0 Å². The van der Waals surface area contributed by atoms with Crippen molar-refractivity contribution in [2.24, 2.45) is 5.18 Å². The van der Waals surface area contributed by atoms with Gasteiger partial charge < -0.3 is 10.6 Å². The summed E-state index contributed by atoms with van der Waals surface area (Å²) in [6, 6.07) is 8.58. The summed E-state index contributed by atoms with van der Waals surface area (Å²) in [5, 5.41) is 7.68. The molecule has 12 heteroatoms. The molecule has 42 heavy (non-hydrogen) atoms. The number of nitrogens with one attached hydrogen (secondary N) is 2. The molecular weight excluding hydrogens is 567 g/mol. The van der Waals surface area contributed by atoms with Crippen molar-refractivity contribution in [3.05, 3.63) is 75.4 Å². The first-order valence-electron chi connectivity index (χ1n) is 13.7. The SMILES string of the molecule is CC.CNC(C)=O.CNC(C)C.Fc1ccc(C2CCCCC2)cc1.O=NCc1cc(C(F)(F)F)cc(C(F)(F)F)c1. The zero-order valence-corrected chi connectivity index (χ0v) is 25.3. The second-order valence-electron chi connectivity index (χ2n) is 9.34. The predicted octanol–water partition coefficient (Wildman–Crippen LogP) is 9.26. The van der Waals surface area contributed by atoms with Gasteiger partial charge in [0.15, 0.2) is 0 Å². The smallest absolute Gasteiger partial charge is 0.359 e. The molecule has 2 aromatic rings. The number of hydrogen-bond acceptors (Lipinski definition) is 4. The third-order valence-corrected chi connectivity index (χ3v) is 5.77. The standard InChI is InChI=1S/C12H15F.C9H5F6NO.C4H11N.C3H7NO.C2H6/c13-12-8-6-11(7-9-12)10-4-2-1-3-5-10;10-8(11,12)6-1-5(4-16-17)2-7(3-6)9(13,14)15;1-4(2)5-3;1-3(5)4-2;1-2/h6-10H,1-5H2;1-3H,4H2;4-5H,1-3H3;1-2H3,(H,4,5);1-2H3. The lowest BCUT2D eigenvalue weighted by atomic mass is 9.84. The maximum absolute atomic E-state index is 12.7. The van der Waals surface area contributed by atoms with Gasteiger partial charge in [-0.25, -0.2) is 4.39 Å². The van der Waals surface area contributed by atoms with Crippen molar-refractivity contribution < 1.29 is 35.5 Å². The number of carbonyl (C=O) groups is 1. The van der Waals surface area contributed by atoms with E-state index in [-0.39, 0.29) is 17.8 Å². The highest BCUT2D eigenvalue weighted by Crippen LogP contribution is 2.36.